The molecule has 0 saturated heterocycles. The second-order valence-electron chi connectivity index (χ2n) is 3.37. The van der Waals surface area contributed by atoms with Gasteiger partial charge in [0.05, 0.1) is 12.4 Å². The zero-order valence-electron chi connectivity index (χ0n) is 7.46. The molecule has 2 heterocycles. The molecule has 0 fully saturated rings. The van der Waals surface area contributed by atoms with Gasteiger partial charge in [-0.05, 0) is 0 Å². The molecule has 0 aromatic carbocycles. The SMILES string of the molecule is OC1=[n+]2ccncc2=C2C=CC=CC21. The number of allylic oxidation sites excluding steroid dienone is 3. The third kappa shape index (κ3) is 0.812. The molecule has 14 heavy (non-hydrogen) atoms. The van der Waals surface area contributed by atoms with Gasteiger partial charge in [-0.2, -0.15) is 0 Å². The zero-order chi connectivity index (χ0) is 9.54. The van der Waals surface area contributed by atoms with Gasteiger partial charge in [0.2, 0.25) is 5.35 Å². The number of aromatic nitrogens is 2. The normalized spacial score (nSPS) is 22.4. The van der Waals surface area contributed by atoms with E-state index >= 15 is 0 Å². The van der Waals surface area contributed by atoms with Crippen LogP contribution in [0.5, 0.6) is 0 Å². The smallest absolute Gasteiger partial charge is 0.357 e. The fourth-order valence-electron chi connectivity index (χ4n) is 1.94. The van der Waals surface area contributed by atoms with Gasteiger partial charge in [-0.1, -0.05) is 24.3 Å². The summed E-state index contributed by atoms with van der Waals surface area (Å²) >= 11 is 0. The molecule has 1 atom stereocenters. The number of hydrogen-bond donors (Lipinski definition) is 1. The third-order valence-electron chi connectivity index (χ3n) is 2.60. The van der Waals surface area contributed by atoms with E-state index in [0.717, 1.165) is 10.9 Å². The Labute approximate surface area is 80.7 Å². The van der Waals surface area contributed by atoms with Gasteiger partial charge in [0.25, 0.3) is 0 Å². The number of aliphatic hydroxyl groups is 1. The first-order chi connectivity index (χ1) is 6.88. The molecule has 0 amide bonds. The summed E-state index contributed by atoms with van der Waals surface area (Å²) in [6.45, 7) is 0. The number of rotatable bonds is 0. The highest BCUT2D eigenvalue weighted by Gasteiger charge is 2.31. The van der Waals surface area contributed by atoms with Gasteiger partial charge < -0.3 is 5.11 Å². The molecule has 0 saturated carbocycles. The molecule has 0 spiro atoms. The van der Waals surface area contributed by atoms with Crippen LogP contribution in [0.1, 0.15) is 0 Å². The third-order valence-corrected chi connectivity index (χ3v) is 2.60. The van der Waals surface area contributed by atoms with E-state index in [0.29, 0.717) is 5.90 Å². The molecule has 3 nitrogen and oxygen atoms in total. The van der Waals surface area contributed by atoms with E-state index in [1.54, 1.807) is 22.8 Å². The summed E-state index contributed by atoms with van der Waals surface area (Å²) < 4.78 is 1.77. The minimum absolute atomic E-state index is 0.00389. The van der Waals surface area contributed by atoms with Crippen molar-refractivity contribution in [2.24, 2.45) is 5.92 Å². The van der Waals surface area contributed by atoms with Crippen molar-refractivity contribution in [3.05, 3.63) is 54.1 Å². The number of fused-ring (bicyclic) bond motifs is 2. The average Bonchev–Trinajstić information content (AvgIpc) is 2.55. The Morgan fingerprint density at radius 1 is 1.36 bits per heavy atom. The van der Waals surface area contributed by atoms with Crippen molar-refractivity contribution < 1.29 is 9.35 Å². The van der Waals surface area contributed by atoms with Gasteiger partial charge >= 0.3 is 5.90 Å². The standard InChI is InChI=1S/C11H8N2O/c14-11-9-4-2-1-3-8(9)10-7-12-5-6-13(10)11/h1-7,9H/p+1. The molecular formula is C11H9N2O+. The van der Waals surface area contributed by atoms with Crippen LogP contribution < -0.4 is 9.59 Å². The largest absolute Gasteiger partial charge is 0.462 e. The van der Waals surface area contributed by atoms with Crippen LogP contribution in [0.2, 0.25) is 0 Å². The van der Waals surface area contributed by atoms with Crippen molar-refractivity contribution >= 4 is 5.57 Å². The van der Waals surface area contributed by atoms with Crippen LogP contribution in [0.3, 0.4) is 0 Å². The Bertz CT molecular complexity index is 569. The lowest BCUT2D eigenvalue weighted by atomic mass is 9.96. The van der Waals surface area contributed by atoms with Crippen LogP contribution in [0.25, 0.3) is 5.57 Å². The van der Waals surface area contributed by atoms with E-state index < -0.39 is 0 Å². The molecule has 3 rings (SSSR count). The van der Waals surface area contributed by atoms with E-state index in [-0.39, 0.29) is 5.92 Å². The summed E-state index contributed by atoms with van der Waals surface area (Å²) in [5.74, 6) is 0.363. The van der Waals surface area contributed by atoms with Crippen molar-refractivity contribution in [3.63, 3.8) is 0 Å². The minimum atomic E-state index is 0.00389. The zero-order valence-corrected chi connectivity index (χ0v) is 7.46. The monoisotopic (exact) mass is 185 g/mol. The summed E-state index contributed by atoms with van der Waals surface area (Å²) in [6, 6.07) is 0. The Kier molecular flexibility index (Phi) is 1.36. The molecular weight excluding hydrogens is 176 g/mol. The lowest BCUT2D eigenvalue weighted by Crippen LogP contribution is -2.37. The highest BCUT2D eigenvalue weighted by atomic mass is 16.3. The van der Waals surface area contributed by atoms with E-state index in [1.807, 2.05) is 24.3 Å². The molecule has 3 heteroatoms. The predicted octanol–water partition coefficient (Wildman–Crippen LogP) is 0.171. The molecule has 1 aromatic heterocycles. The van der Waals surface area contributed by atoms with Crippen molar-refractivity contribution in [1.82, 2.24) is 4.98 Å². The maximum absolute atomic E-state index is 9.92. The van der Waals surface area contributed by atoms with Gasteiger partial charge in [0.15, 0.2) is 6.20 Å². The fourth-order valence-corrected chi connectivity index (χ4v) is 1.94. The van der Waals surface area contributed by atoms with E-state index in [2.05, 4.69) is 4.98 Å². The maximum atomic E-state index is 9.92. The van der Waals surface area contributed by atoms with Crippen molar-refractivity contribution in [3.8, 4) is 0 Å². The Morgan fingerprint density at radius 2 is 2.29 bits per heavy atom. The molecule has 0 bridgehead atoms. The second kappa shape index (κ2) is 2.54. The van der Waals surface area contributed by atoms with Crippen LogP contribution in [-0.2, 0) is 0 Å². The lowest BCUT2D eigenvalue weighted by molar-refractivity contribution is -0.555. The van der Waals surface area contributed by atoms with Gasteiger partial charge in [-0.3, -0.25) is 4.98 Å². The van der Waals surface area contributed by atoms with E-state index in [1.165, 1.54) is 0 Å². The van der Waals surface area contributed by atoms with Crippen LogP contribution in [0, 0.1) is 11.8 Å². The molecule has 68 valence electrons. The second-order valence-corrected chi connectivity index (χ2v) is 3.37. The maximum Gasteiger partial charge on any atom is 0.357 e. The molecule has 0 radical (unpaired) electrons. The first-order valence-electron chi connectivity index (χ1n) is 4.52. The Balaban J connectivity index is 2.49. The predicted molar refractivity (Wildman–Crippen MR) is 50.5 cm³/mol. The van der Waals surface area contributed by atoms with Crippen molar-refractivity contribution in [2.75, 3.05) is 0 Å². The van der Waals surface area contributed by atoms with Gasteiger partial charge in [0, 0.05) is 5.57 Å². The van der Waals surface area contributed by atoms with Gasteiger partial charge in [-0.15, -0.1) is 4.24 Å². The Morgan fingerprint density at radius 3 is 3.21 bits per heavy atom. The van der Waals surface area contributed by atoms with Crippen LogP contribution in [-0.4, -0.2) is 10.1 Å². The number of aliphatic hydroxyl groups excluding tert-OH is 1. The topological polar surface area (TPSA) is 39.0 Å². The van der Waals surface area contributed by atoms with Crippen molar-refractivity contribution in [1.29, 1.82) is 0 Å². The average molecular weight is 185 g/mol. The molecule has 1 unspecified atom stereocenters. The quantitative estimate of drug-likeness (QED) is 0.585. The van der Waals surface area contributed by atoms with Crippen molar-refractivity contribution in [2.45, 2.75) is 0 Å². The van der Waals surface area contributed by atoms with Gasteiger partial charge in [0.1, 0.15) is 5.92 Å². The first kappa shape index (κ1) is 7.50. The molecule has 1 aliphatic heterocycles. The number of nitrogens with zero attached hydrogens (tertiary/aromatic N) is 2. The number of hydrogen-bond acceptors (Lipinski definition) is 2. The molecule has 1 N–H and O–H groups in total. The molecule has 2 aliphatic rings. The van der Waals surface area contributed by atoms with Gasteiger partial charge in [-0.25, -0.2) is 0 Å². The lowest BCUT2D eigenvalue weighted by Gasteiger charge is -2.03. The van der Waals surface area contributed by atoms with E-state index in [4.69, 9.17) is 0 Å². The highest BCUT2D eigenvalue weighted by molar-refractivity contribution is 5.63. The molecule has 1 aliphatic carbocycles. The Hall–Kier alpha value is -1.90. The minimum Gasteiger partial charge on any atom is -0.462 e. The summed E-state index contributed by atoms with van der Waals surface area (Å²) in [6.07, 6.45) is 13.1. The summed E-state index contributed by atoms with van der Waals surface area (Å²) in [5, 5.41) is 10.9. The summed E-state index contributed by atoms with van der Waals surface area (Å²) in [5.41, 5.74) is 1.11. The fraction of sp³-hybridized carbons (Fsp3) is 0.0909. The van der Waals surface area contributed by atoms with Crippen LogP contribution in [0.4, 0.5) is 0 Å². The van der Waals surface area contributed by atoms with E-state index in [9.17, 15) is 5.11 Å². The van der Waals surface area contributed by atoms with Crippen LogP contribution in [0.15, 0.2) is 42.9 Å². The summed E-state index contributed by atoms with van der Waals surface area (Å²) in [7, 11) is 0. The first-order valence-corrected chi connectivity index (χ1v) is 4.52. The van der Waals surface area contributed by atoms with Crippen LogP contribution >= 0.6 is 0 Å². The molecule has 1 aromatic rings. The summed E-state index contributed by atoms with van der Waals surface area (Å²) in [4.78, 5) is 4.06. The highest BCUT2D eigenvalue weighted by Crippen LogP contribution is 2.23.